The van der Waals surface area contributed by atoms with Crippen LogP contribution in [-0.4, -0.2) is 15.7 Å². The molecule has 3 aromatic rings. The molecule has 0 spiro atoms. The van der Waals surface area contributed by atoms with Crippen molar-refractivity contribution in [2.45, 2.75) is 32.2 Å². The highest BCUT2D eigenvalue weighted by Crippen LogP contribution is 2.49. The van der Waals surface area contributed by atoms with Crippen LogP contribution in [0.5, 0.6) is 0 Å². The number of nitrogens with one attached hydrogen (secondary N) is 1. The van der Waals surface area contributed by atoms with E-state index in [0.717, 1.165) is 28.9 Å². The lowest BCUT2D eigenvalue weighted by Crippen LogP contribution is -2.28. The Hall–Kier alpha value is -2.66. The number of benzene rings is 2. The molecule has 2 aromatic carbocycles. The summed E-state index contributed by atoms with van der Waals surface area (Å²) in [5.74, 6) is -0.114. The number of hydrogen-bond donors (Lipinski definition) is 1. The summed E-state index contributed by atoms with van der Waals surface area (Å²) in [6.07, 6.45) is 2.57. The van der Waals surface area contributed by atoms with Crippen molar-refractivity contribution in [1.82, 2.24) is 15.1 Å². The summed E-state index contributed by atoms with van der Waals surface area (Å²) in [5.41, 5.74) is 3.67. The Balaban J connectivity index is 1.45. The fourth-order valence-electron chi connectivity index (χ4n) is 3.69. The van der Waals surface area contributed by atoms with Crippen LogP contribution >= 0.6 is 11.6 Å². The van der Waals surface area contributed by atoms with Crippen LogP contribution in [0, 0.1) is 18.7 Å². The van der Waals surface area contributed by atoms with Gasteiger partial charge in [0, 0.05) is 22.2 Å². The second kappa shape index (κ2) is 7.40. The molecule has 6 heteroatoms. The Morgan fingerprint density at radius 1 is 1.25 bits per heavy atom. The summed E-state index contributed by atoms with van der Waals surface area (Å²) >= 11 is 6.26. The maximum Gasteiger partial charge on any atom is 0.224 e. The highest BCUT2D eigenvalue weighted by atomic mass is 35.5. The van der Waals surface area contributed by atoms with Crippen LogP contribution in [0.15, 0.2) is 54.7 Å². The Bertz CT molecular complexity index is 1010. The summed E-state index contributed by atoms with van der Waals surface area (Å²) in [6, 6.07) is 13.7. The highest BCUT2D eigenvalue weighted by molar-refractivity contribution is 6.31. The molecule has 1 N–H and O–H groups in total. The summed E-state index contributed by atoms with van der Waals surface area (Å²) in [5, 5.41) is 8.22. The van der Waals surface area contributed by atoms with Crippen LogP contribution in [0.2, 0.25) is 5.02 Å². The second-order valence-electron chi connectivity index (χ2n) is 7.27. The number of hydrogen-bond acceptors (Lipinski definition) is 2. The first kappa shape index (κ1) is 18.7. The molecule has 3 atom stereocenters. The lowest BCUT2D eigenvalue weighted by molar-refractivity contribution is -0.123. The fraction of sp³-hybridized carbons (Fsp3) is 0.273. The smallest absolute Gasteiger partial charge is 0.224 e. The molecule has 1 aromatic heterocycles. The van der Waals surface area contributed by atoms with Crippen molar-refractivity contribution in [1.29, 1.82) is 0 Å². The van der Waals surface area contributed by atoms with Crippen molar-refractivity contribution in [3.8, 4) is 5.69 Å². The molecule has 3 unspecified atom stereocenters. The molecule has 0 radical (unpaired) electrons. The minimum atomic E-state index is -0.285. The number of aromatic nitrogens is 2. The van der Waals surface area contributed by atoms with Gasteiger partial charge in [0.15, 0.2) is 0 Å². The van der Waals surface area contributed by atoms with E-state index < -0.39 is 0 Å². The van der Waals surface area contributed by atoms with Crippen LogP contribution in [-0.2, 0) is 4.79 Å². The van der Waals surface area contributed by atoms with Crippen LogP contribution in [0.25, 0.3) is 5.69 Å². The van der Waals surface area contributed by atoms with E-state index in [0.29, 0.717) is 5.02 Å². The van der Waals surface area contributed by atoms with Gasteiger partial charge in [0.2, 0.25) is 5.91 Å². The van der Waals surface area contributed by atoms with E-state index in [1.54, 1.807) is 23.0 Å². The fourth-order valence-corrected chi connectivity index (χ4v) is 3.97. The number of halogens is 2. The minimum Gasteiger partial charge on any atom is -0.349 e. The van der Waals surface area contributed by atoms with Gasteiger partial charge in [-0.2, -0.15) is 5.10 Å². The van der Waals surface area contributed by atoms with Crippen LogP contribution in [0.4, 0.5) is 4.39 Å². The lowest BCUT2D eigenvalue weighted by Gasteiger charge is -2.14. The maximum atomic E-state index is 13.2. The predicted molar refractivity (Wildman–Crippen MR) is 107 cm³/mol. The third-order valence-electron chi connectivity index (χ3n) is 5.38. The molecular weight excluding hydrogens is 377 g/mol. The zero-order valence-electron chi connectivity index (χ0n) is 15.7. The number of carbonyl (C=O) groups excluding carboxylic acids is 1. The molecule has 1 fully saturated rings. The van der Waals surface area contributed by atoms with E-state index in [9.17, 15) is 9.18 Å². The molecule has 0 bridgehead atoms. The summed E-state index contributed by atoms with van der Waals surface area (Å²) in [4.78, 5) is 12.7. The summed E-state index contributed by atoms with van der Waals surface area (Å²) in [7, 11) is 0. The molecule has 0 aliphatic heterocycles. The van der Waals surface area contributed by atoms with Crippen LogP contribution in [0.3, 0.4) is 0 Å². The Morgan fingerprint density at radius 3 is 2.68 bits per heavy atom. The zero-order chi connectivity index (χ0) is 19.8. The van der Waals surface area contributed by atoms with Gasteiger partial charge in [-0.3, -0.25) is 4.79 Å². The molecule has 1 aliphatic rings. The van der Waals surface area contributed by atoms with E-state index in [2.05, 4.69) is 10.4 Å². The topological polar surface area (TPSA) is 46.9 Å². The quantitative estimate of drug-likeness (QED) is 0.661. The molecule has 1 aliphatic carbocycles. The Labute approximate surface area is 168 Å². The summed E-state index contributed by atoms with van der Waals surface area (Å²) in [6.45, 7) is 3.89. The molecule has 28 heavy (non-hydrogen) atoms. The standard InChI is InChI=1S/C22H21ClFN3O/c1-13(20-12-25-27(14(20)2)16-9-7-15(24)8-10-16)26-22(28)19-11-18(19)17-5-3-4-6-21(17)23/h3-10,12-13,18-19H,11H2,1-2H3,(H,26,28). The second-order valence-corrected chi connectivity index (χ2v) is 7.68. The molecule has 1 saturated carbocycles. The monoisotopic (exact) mass is 397 g/mol. The molecule has 0 saturated heterocycles. The van der Waals surface area contributed by atoms with Gasteiger partial charge in [0.1, 0.15) is 5.82 Å². The van der Waals surface area contributed by atoms with Gasteiger partial charge in [-0.05, 0) is 62.1 Å². The van der Waals surface area contributed by atoms with Crippen molar-refractivity contribution in [3.63, 3.8) is 0 Å². The Morgan fingerprint density at radius 2 is 1.96 bits per heavy atom. The average Bonchev–Trinajstić information content (AvgIpc) is 3.38. The molecule has 4 rings (SSSR count). The van der Waals surface area contributed by atoms with E-state index >= 15 is 0 Å². The van der Waals surface area contributed by atoms with Gasteiger partial charge in [0.05, 0.1) is 17.9 Å². The first-order valence-corrected chi connectivity index (χ1v) is 9.68. The van der Waals surface area contributed by atoms with Crippen molar-refractivity contribution in [2.75, 3.05) is 0 Å². The summed E-state index contributed by atoms with van der Waals surface area (Å²) < 4.78 is 14.9. The molecular formula is C22H21ClFN3O. The zero-order valence-corrected chi connectivity index (χ0v) is 16.4. The normalized spacial score (nSPS) is 19.3. The van der Waals surface area contributed by atoms with Gasteiger partial charge >= 0.3 is 0 Å². The molecule has 1 heterocycles. The van der Waals surface area contributed by atoms with E-state index in [1.807, 2.05) is 38.1 Å². The predicted octanol–water partition coefficient (Wildman–Crippen LogP) is 4.95. The van der Waals surface area contributed by atoms with Gasteiger partial charge < -0.3 is 5.32 Å². The SMILES string of the molecule is Cc1c(C(C)NC(=O)C2CC2c2ccccc2Cl)cnn1-c1ccc(F)cc1. The first-order valence-electron chi connectivity index (χ1n) is 9.31. The van der Waals surface area contributed by atoms with Crippen molar-refractivity contribution in [2.24, 2.45) is 5.92 Å². The number of nitrogens with zero attached hydrogens (tertiary/aromatic N) is 2. The first-order chi connectivity index (χ1) is 13.5. The highest BCUT2D eigenvalue weighted by Gasteiger charge is 2.45. The van der Waals surface area contributed by atoms with E-state index in [-0.39, 0.29) is 29.6 Å². The lowest BCUT2D eigenvalue weighted by atomic mass is 10.1. The van der Waals surface area contributed by atoms with Gasteiger partial charge in [0.25, 0.3) is 0 Å². The van der Waals surface area contributed by atoms with Crippen LogP contribution < -0.4 is 5.32 Å². The van der Waals surface area contributed by atoms with E-state index in [4.69, 9.17) is 11.6 Å². The number of rotatable bonds is 5. The average molecular weight is 398 g/mol. The maximum absolute atomic E-state index is 13.2. The van der Waals surface area contributed by atoms with E-state index in [1.165, 1.54) is 12.1 Å². The minimum absolute atomic E-state index is 0.0337. The third kappa shape index (κ3) is 3.54. The molecule has 1 amide bonds. The Kier molecular flexibility index (Phi) is 4.94. The number of carbonyl (C=O) groups is 1. The molecule has 4 nitrogen and oxygen atoms in total. The van der Waals surface area contributed by atoms with Crippen molar-refractivity contribution in [3.05, 3.63) is 82.4 Å². The van der Waals surface area contributed by atoms with Crippen molar-refractivity contribution < 1.29 is 9.18 Å². The largest absolute Gasteiger partial charge is 0.349 e. The number of amides is 1. The molecule has 144 valence electrons. The van der Waals surface area contributed by atoms with Gasteiger partial charge in [-0.1, -0.05) is 29.8 Å². The third-order valence-corrected chi connectivity index (χ3v) is 5.72. The van der Waals surface area contributed by atoms with Gasteiger partial charge in [-0.25, -0.2) is 9.07 Å². The van der Waals surface area contributed by atoms with Crippen LogP contribution in [0.1, 0.15) is 42.1 Å². The van der Waals surface area contributed by atoms with Crippen molar-refractivity contribution >= 4 is 17.5 Å². The van der Waals surface area contributed by atoms with Gasteiger partial charge in [-0.15, -0.1) is 0 Å².